The van der Waals surface area contributed by atoms with Gasteiger partial charge < -0.3 is 15.8 Å². The van der Waals surface area contributed by atoms with Gasteiger partial charge in [0.05, 0.1) is 6.61 Å². The summed E-state index contributed by atoms with van der Waals surface area (Å²) in [5.41, 5.74) is 5.90. The van der Waals surface area contributed by atoms with Crippen LogP contribution in [0.25, 0.3) is 0 Å². The first-order chi connectivity index (χ1) is 6.22. The first kappa shape index (κ1) is 11.8. The molecule has 0 amide bonds. The number of hydrogen-bond acceptors (Lipinski definition) is 4. The molecule has 1 aliphatic heterocycles. The highest BCUT2D eigenvalue weighted by atomic mass is 35.5. The van der Waals surface area contributed by atoms with E-state index < -0.39 is 0 Å². The van der Waals surface area contributed by atoms with Crippen molar-refractivity contribution in [2.75, 3.05) is 6.61 Å². The lowest BCUT2D eigenvalue weighted by molar-refractivity contribution is -0.146. The first-order valence-corrected chi connectivity index (χ1v) is 4.90. The highest BCUT2D eigenvalue weighted by Crippen LogP contribution is 2.34. The molecule has 2 bridgehead atoms. The van der Waals surface area contributed by atoms with Gasteiger partial charge in [-0.1, -0.05) is 0 Å². The number of nitrogens with two attached hydrogens (primary N) is 1. The molecule has 0 aromatic heterocycles. The summed E-state index contributed by atoms with van der Waals surface area (Å²) >= 11 is 0. The number of fused-ring (bicyclic) bond motifs is 2. The molecule has 2 fully saturated rings. The predicted molar refractivity (Wildman–Crippen MR) is 55.3 cm³/mol. The fourth-order valence-electron chi connectivity index (χ4n) is 2.47. The maximum atomic E-state index is 11.4. The van der Waals surface area contributed by atoms with Crippen LogP contribution in [0.4, 0.5) is 0 Å². The highest BCUT2D eigenvalue weighted by molar-refractivity contribution is 5.85. The summed E-state index contributed by atoms with van der Waals surface area (Å²) in [7, 11) is 0. The van der Waals surface area contributed by atoms with Gasteiger partial charge in [-0.15, -0.1) is 12.4 Å². The van der Waals surface area contributed by atoms with Crippen molar-refractivity contribution in [3.05, 3.63) is 0 Å². The van der Waals surface area contributed by atoms with E-state index in [1.54, 1.807) is 0 Å². The van der Waals surface area contributed by atoms with Crippen LogP contribution < -0.4 is 11.1 Å². The van der Waals surface area contributed by atoms with E-state index in [1.807, 2.05) is 6.92 Å². The molecule has 0 aromatic rings. The molecule has 0 aromatic carbocycles. The molecule has 1 aliphatic carbocycles. The van der Waals surface area contributed by atoms with Gasteiger partial charge in [0.1, 0.15) is 6.04 Å². The molecule has 5 heteroatoms. The van der Waals surface area contributed by atoms with Gasteiger partial charge in [0.15, 0.2) is 0 Å². The Balaban J connectivity index is 0.000000980. The molecule has 2 rings (SSSR count). The van der Waals surface area contributed by atoms with E-state index in [0.717, 1.165) is 12.8 Å². The van der Waals surface area contributed by atoms with Crippen LogP contribution in [0.1, 0.15) is 19.8 Å². The Morgan fingerprint density at radius 2 is 2.29 bits per heavy atom. The molecule has 1 heterocycles. The van der Waals surface area contributed by atoms with Crippen LogP contribution in [0.2, 0.25) is 0 Å². The number of nitrogens with one attached hydrogen (secondary N) is 1. The second kappa shape index (κ2) is 4.47. The number of carbonyl (C=O) groups is 1. The fourth-order valence-corrected chi connectivity index (χ4v) is 2.47. The quantitative estimate of drug-likeness (QED) is 0.646. The van der Waals surface area contributed by atoms with Crippen molar-refractivity contribution in [3.63, 3.8) is 0 Å². The summed E-state index contributed by atoms with van der Waals surface area (Å²) in [6, 6.07) is 0.476. The molecule has 3 N–H and O–H groups in total. The lowest BCUT2D eigenvalue weighted by atomic mass is 9.96. The van der Waals surface area contributed by atoms with Gasteiger partial charge in [-0.25, -0.2) is 0 Å². The normalized spacial score (nSPS) is 39.3. The highest BCUT2D eigenvalue weighted by Gasteiger charge is 2.47. The molecule has 2 aliphatic rings. The summed E-state index contributed by atoms with van der Waals surface area (Å²) < 4.78 is 4.97. The maximum Gasteiger partial charge on any atom is 0.323 e. The number of ether oxygens (including phenoxy) is 1. The number of piperidine rings is 1. The first-order valence-electron chi connectivity index (χ1n) is 4.90. The second-order valence-corrected chi connectivity index (χ2v) is 3.89. The van der Waals surface area contributed by atoms with Crippen LogP contribution in [0.5, 0.6) is 0 Å². The minimum absolute atomic E-state index is 0. The molecule has 4 nitrogen and oxygen atoms in total. The summed E-state index contributed by atoms with van der Waals surface area (Å²) in [6.07, 6.45) is 2.03. The largest absolute Gasteiger partial charge is 0.465 e. The van der Waals surface area contributed by atoms with Crippen molar-refractivity contribution in [1.29, 1.82) is 0 Å². The molecule has 82 valence electrons. The zero-order valence-electron chi connectivity index (χ0n) is 8.23. The Bertz CT molecular complexity index is 225. The fraction of sp³-hybridized carbons (Fsp3) is 0.889. The van der Waals surface area contributed by atoms with Crippen LogP contribution in [-0.4, -0.2) is 30.7 Å². The van der Waals surface area contributed by atoms with E-state index in [-0.39, 0.29) is 30.5 Å². The third-order valence-corrected chi connectivity index (χ3v) is 3.05. The molecule has 0 unspecified atom stereocenters. The molecule has 1 saturated carbocycles. The topological polar surface area (TPSA) is 64.3 Å². The smallest absolute Gasteiger partial charge is 0.323 e. The SMILES string of the molecule is CCOC(=O)[C@H]1N[C@@H]2C[C@@H]1[C@@H](N)C2.Cl. The van der Waals surface area contributed by atoms with Gasteiger partial charge in [0.2, 0.25) is 0 Å². The molecule has 14 heavy (non-hydrogen) atoms. The zero-order valence-corrected chi connectivity index (χ0v) is 9.05. The van der Waals surface area contributed by atoms with E-state index in [9.17, 15) is 4.79 Å². The average Bonchev–Trinajstić information content (AvgIpc) is 2.62. The van der Waals surface area contributed by atoms with E-state index >= 15 is 0 Å². The summed E-state index contributed by atoms with van der Waals surface area (Å²) in [5.74, 6) is 0.161. The Labute approximate surface area is 90.0 Å². The van der Waals surface area contributed by atoms with Crippen LogP contribution in [0, 0.1) is 5.92 Å². The molecular formula is C9H17ClN2O2. The van der Waals surface area contributed by atoms with Crippen molar-refractivity contribution in [2.24, 2.45) is 11.7 Å². The van der Waals surface area contributed by atoms with Crippen LogP contribution in [0.15, 0.2) is 0 Å². The minimum Gasteiger partial charge on any atom is -0.465 e. The summed E-state index contributed by atoms with van der Waals surface area (Å²) in [6.45, 7) is 2.27. The predicted octanol–water partition coefficient (Wildman–Crippen LogP) is 0.0490. The molecule has 1 saturated heterocycles. The van der Waals surface area contributed by atoms with E-state index in [1.165, 1.54) is 0 Å². The number of carbonyl (C=O) groups excluding carboxylic acids is 1. The molecular weight excluding hydrogens is 204 g/mol. The Hall–Kier alpha value is -0.320. The van der Waals surface area contributed by atoms with E-state index in [2.05, 4.69) is 5.32 Å². The standard InChI is InChI=1S/C9H16N2O2.ClH/c1-2-13-9(12)8-6-3-5(11-8)4-7(6)10;/h5-8,11H,2-4,10H2,1H3;1H/t5-,6-,7+,8+;/m1./s1. The second-order valence-electron chi connectivity index (χ2n) is 3.89. The van der Waals surface area contributed by atoms with Crippen molar-refractivity contribution in [3.8, 4) is 0 Å². The number of esters is 1. The Morgan fingerprint density at radius 3 is 2.79 bits per heavy atom. The monoisotopic (exact) mass is 220 g/mol. The van der Waals surface area contributed by atoms with Gasteiger partial charge in [-0.2, -0.15) is 0 Å². The molecule has 4 atom stereocenters. The third-order valence-electron chi connectivity index (χ3n) is 3.05. The van der Waals surface area contributed by atoms with Gasteiger partial charge in [0.25, 0.3) is 0 Å². The van der Waals surface area contributed by atoms with Crippen LogP contribution >= 0.6 is 12.4 Å². The Morgan fingerprint density at radius 1 is 1.57 bits per heavy atom. The zero-order chi connectivity index (χ0) is 9.42. The van der Waals surface area contributed by atoms with Crippen molar-refractivity contribution < 1.29 is 9.53 Å². The van der Waals surface area contributed by atoms with Gasteiger partial charge >= 0.3 is 5.97 Å². The number of hydrogen-bond donors (Lipinski definition) is 2. The van der Waals surface area contributed by atoms with E-state index in [0.29, 0.717) is 18.6 Å². The molecule has 0 radical (unpaired) electrons. The van der Waals surface area contributed by atoms with Gasteiger partial charge in [0, 0.05) is 18.0 Å². The minimum atomic E-state index is -0.145. The lowest BCUT2D eigenvalue weighted by Crippen LogP contribution is -2.50. The van der Waals surface area contributed by atoms with Gasteiger partial charge in [-0.05, 0) is 19.8 Å². The number of rotatable bonds is 2. The van der Waals surface area contributed by atoms with Crippen LogP contribution in [0.3, 0.4) is 0 Å². The maximum absolute atomic E-state index is 11.4. The van der Waals surface area contributed by atoms with Crippen LogP contribution in [-0.2, 0) is 9.53 Å². The third kappa shape index (κ3) is 1.87. The number of halogens is 1. The Kier molecular flexibility index (Phi) is 3.75. The average molecular weight is 221 g/mol. The van der Waals surface area contributed by atoms with Crippen molar-refractivity contribution in [1.82, 2.24) is 5.32 Å². The van der Waals surface area contributed by atoms with Crippen molar-refractivity contribution >= 4 is 18.4 Å². The van der Waals surface area contributed by atoms with E-state index in [4.69, 9.17) is 10.5 Å². The van der Waals surface area contributed by atoms with Gasteiger partial charge in [-0.3, -0.25) is 4.79 Å². The summed E-state index contributed by atoms with van der Waals surface area (Å²) in [5, 5.41) is 3.25. The summed E-state index contributed by atoms with van der Waals surface area (Å²) in [4.78, 5) is 11.4. The van der Waals surface area contributed by atoms with Crippen molar-refractivity contribution in [2.45, 2.75) is 37.9 Å². The molecule has 0 spiro atoms. The lowest BCUT2D eigenvalue weighted by Gasteiger charge is -2.25.